The SMILES string of the molecule is COC(=O)C(C)C(=O)OC1CCC(N)CC1. The van der Waals surface area contributed by atoms with Crippen molar-refractivity contribution < 1.29 is 19.1 Å². The van der Waals surface area contributed by atoms with Crippen LogP contribution in [0.1, 0.15) is 32.6 Å². The molecule has 0 spiro atoms. The van der Waals surface area contributed by atoms with E-state index in [2.05, 4.69) is 4.74 Å². The van der Waals surface area contributed by atoms with E-state index in [1.165, 1.54) is 14.0 Å². The van der Waals surface area contributed by atoms with Gasteiger partial charge in [0.05, 0.1) is 7.11 Å². The summed E-state index contributed by atoms with van der Waals surface area (Å²) in [6, 6.07) is 0.216. The third-order valence-corrected chi connectivity index (χ3v) is 2.91. The van der Waals surface area contributed by atoms with Crippen molar-refractivity contribution in [2.75, 3.05) is 7.11 Å². The molecule has 0 amide bonds. The minimum Gasteiger partial charge on any atom is -0.468 e. The van der Waals surface area contributed by atoms with Crippen LogP contribution in [0.4, 0.5) is 0 Å². The number of carbonyl (C=O) groups excluding carboxylic acids is 2. The molecule has 1 saturated carbocycles. The Morgan fingerprint density at radius 3 is 2.25 bits per heavy atom. The van der Waals surface area contributed by atoms with E-state index in [1.54, 1.807) is 0 Å². The summed E-state index contributed by atoms with van der Waals surface area (Å²) in [4.78, 5) is 22.6. The maximum absolute atomic E-state index is 11.5. The molecule has 0 aromatic carbocycles. The van der Waals surface area contributed by atoms with Crippen LogP contribution in [0, 0.1) is 5.92 Å². The molecule has 0 radical (unpaired) electrons. The highest BCUT2D eigenvalue weighted by Crippen LogP contribution is 2.21. The molecule has 1 atom stereocenters. The van der Waals surface area contributed by atoms with Gasteiger partial charge in [-0.1, -0.05) is 0 Å². The predicted octanol–water partition coefficient (Wildman–Crippen LogP) is 0.609. The van der Waals surface area contributed by atoms with Crippen molar-refractivity contribution in [2.45, 2.75) is 44.8 Å². The lowest BCUT2D eigenvalue weighted by atomic mass is 9.93. The third-order valence-electron chi connectivity index (χ3n) is 2.91. The zero-order chi connectivity index (χ0) is 12.1. The Kier molecular flexibility index (Phi) is 4.73. The molecule has 0 bridgehead atoms. The highest BCUT2D eigenvalue weighted by atomic mass is 16.6. The zero-order valence-corrected chi connectivity index (χ0v) is 9.77. The molecule has 1 unspecified atom stereocenters. The van der Waals surface area contributed by atoms with Crippen molar-refractivity contribution in [3.05, 3.63) is 0 Å². The molecule has 0 aliphatic heterocycles. The molecule has 5 heteroatoms. The Morgan fingerprint density at radius 2 is 1.75 bits per heavy atom. The molecule has 1 aliphatic rings. The number of esters is 2. The summed E-state index contributed by atoms with van der Waals surface area (Å²) in [7, 11) is 1.26. The van der Waals surface area contributed by atoms with E-state index in [1.807, 2.05) is 0 Å². The molecule has 0 heterocycles. The topological polar surface area (TPSA) is 78.6 Å². The lowest BCUT2D eigenvalue weighted by molar-refractivity contribution is -0.164. The minimum atomic E-state index is -0.847. The standard InChI is InChI=1S/C11H19NO4/c1-7(10(13)15-2)11(14)16-9-5-3-8(12)4-6-9/h7-9H,3-6,12H2,1-2H3. The van der Waals surface area contributed by atoms with Gasteiger partial charge >= 0.3 is 11.9 Å². The molecular weight excluding hydrogens is 210 g/mol. The van der Waals surface area contributed by atoms with E-state index >= 15 is 0 Å². The highest BCUT2D eigenvalue weighted by molar-refractivity contribution is 5.94. The second-order valence-electron chi connectivity index (χ2n) is 4.22. The number of nitrogens with two attached hydrogens (primary N) is 1. The highest BCUT2D eigenvalue weighted by Gasteiger charge is 2.28. The molecule has 1 aliphatic carbocycles. The maximum atomic E-state index is 11.5. The molecule has 2 N–H and O–H groups in total. The number of methoxy groups -OCH3 is 1. The lowest BCUT2D eigenvalue weighted by Gasteiger charge is -2.26. The van der Waals surface area contributed by atoms with E-state index in [4.69, 9.17) is 10.5 Å². The number of hydrogen-bond acceptors (Lipinski definition) is 5. The fourth-order valence-corrected chi connectivity index (χ4v) is 1.75. The smallest absolute Gasteiger partial charge is 0.320 e. The van der Waals surface area contributed by atoms with Gasteiger partial charge in [-0.15, -0.1) is 0 Å². The van der Waals surface area contributed by atoms with E-state index < -0.39 is 17.9 Å². The number of ether oxygens (including phenoxy) is 2. The Balaban J connectivity index is 2.36. The van der Waals surface area contributed by atoms with Gasteiger partial charge in [-0.25, -0.2) is 0 Å². The molecule has 0 saturated heterocycles. The van der Waals surface area contributed by atoms with Crippen LogP contribution in [0.15, 0.2) is 0 Å². The Bertz CT molecular complexity index is 259. The Hall–Kier alpha value is -1.10. The van der Waals surface area contributed by atoms with Crippen molar-refractivity contribution in [1.82, 2.24) is 0 Å². The van der Waals surface area contributed by atoms with Crippen molar-refractivity contribution in [1.29, 1.82) is 0 Å². The molecule has 16 heavy (non-hydrogen) atoms. The van der Waals surface area contributed by atoms with Crippen molar-refractivity contribution in [3.63, 3.8) is 0 Å². The molecule has 0 aromatic heterocycles. The molecule has 0 aromatic rings. The monoisotopic (exact) mass is 229 g/mol. The number of hydrogen-bond donors (Lipinski definition) is 1. The van der Waals surface area contributed by atoms with Gasteiger partial charge in [-0.3, -0.25) is 9.59 Å². The van der Waals surface area contributed by atoms with Crippen LogP contribution < -0.4 is 5.73 Å². The number of rotatable bonds is 3. The summed E-state index contributed by atoms with van der Waals surface area (Å²) in [5.74, 6) is -1.91. The van der Waals surface area contributed by atoms with Crippen molar-refractivity contribution >= 4 is 11.9 Å². The minimum absolute atomic E-state index is 0.0978. The summed E-state index contributed by atoms with van der Waals surface area (Å²) in [5, 5.41) is 0. The molecule has 1 fully saturated rings. The average Bonchev–Trinajstić information content (AvgIpc) is 2.30. The second kappa shape index (κ2) is 5.84. The van der Waals surface area contributed by atoms with Gasteiger partial charge in [0.2, 0.25) is 0 Å². The van der Waals surface area contributed by atoms with Crippen molar-refractivity contribution in [2.24, 2.45) is 11.7 Å². The number of carbonyl (C=O) groups is 2. The van der Waals surface area contributed by atoms with Gasteiger partial charge < -0.3 is 15.2 Å². The fraction of sp³-hybridized carbons (Fsp3) is 0.818. The van der Waals surface area contributed by atoms with Crippen LogP contribution in [-0.2, 0) is 19.1 Å². The summed E-state index contributed by atoms with van der Waals surface area (Å²) in [6.45, 7) is 1.49. The summed E-state index contributed by atoms with van der Waals surface area (Å²) < 4.78 is 9.71. The largest absolute Gasteiger partial charge is 0.468 e. The first kappa shape index (κ1) is 13.0. The fourth-order valence-electron chi connectivity index (χ4n) is 1.75. The van der Waals surface area contributed by atoms with E-state index in [0.29, 0.717) is 0 Å². The molecular formula is C11H19NO4. The van der Waals surface area contributed by atoms with Crippen LogP contribution in [-0.4, -0.2) is 31.2 Å². The van der Waals surface area contributed by atoms with Gasteiger partial charge in [0.25, 0.3) is 0 Å². The van der Waals surface area contributed by atoms with Gasteiger partial charge in [0.1, 0.15) is 6.10 Å². The molecule has 1 rings (SSSR count). The van der Waals surface area contributed by atoms with Crippen LogP contribution in [0.3, 0.4) is 0 Å². The van der Waals surface area contributed by atoms with Gasteiger partial charge in [-0.2, -0.15) is 0 Å². The van der Waals surface area contributed by atoms with Gasteiger partial charge in [0.15, 0.2) is 5.92 Å². The van der Waals surface area contributed by atoms with Crippen molar-refractivity contribution in [3.8, 4) is 0 Å². The first-order valence-electron chi connectivity index (χ1n) is 5.58. The van der Waals surface area contributed by atoms with E-state index in [-0.39, 0.29) is 12.1 Å². The Labute approximate surface area is 95.3 Å². The summed E-state index contributed by atoms with van der Waals surface area (Å²) >= 11 is 0. The maximum Gasteiger partial charge on any atom is 0.320 e. The van der Waals surface area contributed by atoms with Crippen LogP contribution in [0.25, 0.3) is 0 Å². The van der Waals surface area contributed by atoms with Gasteiger partial charge in [0, 0.05) is 6.04 Å². The molecule has 5 nitrogen and oxygen atoms in total. The second-order valence-corrected chi connectivity index (χ2v) is 4.22. The Morgan fingerprint density at radius 1 is 1.19 bits per heavy atom. The molecule has 92 valence electrons. The average molecular weight is 229 g/mol. The summed E-state index contributed by atoms with van der Waals surface area (Å²) in [5.41, 5.74) is 5.74. The third kappa shape index (κ3) is 3.48. The van der Waals surface area contributed by atoms with Crippen LogP contribution in [0.5, 0.6) is 0 Å². The van der Waals surface area contributed by atoms with Gasteiger partial charge in [-0.05, 0) is 32.6 Å². The lowest BCUT2D eigenvalue weighted by Crippen LogP contribution is -2.34. The predicted molar refractivity (Wildman–Crippen MR) is 57.5 cm³/mol. The van der Waals surface area contributed by atoms with Crippen LogP contribution >= 0.6 is 0 Å². The first-order valence-corrected chi connectivity index (χ1v) is 5.58. The van der Waals surface area contributed by atoms with E-state index in [9.17, 15) is 9.59 Å². The quantitative estimate of drug-likeness (QED) is 0.566. The van der Waals surface area contributed by atoms with E-state index in [0.717, 1.165) is 25.7 Å². The first-order chi connectivity index (χ1) is 7.54. The van der Waals surface area contributed by atoms with Crippen LogP contribution in [0.2, 0.25) is 0 Å². The zero-order valence-electron chi connectivity index (χ0n) is 9.77. The summed E-state index contributed by atoms with van der Waals surface area (Å²) in [6.07, 6.45) is 3.19. The normalized spacial score (nSPS) is 26.9.